The van der Waals surface area contributed by atoms with E-state index in [4.69, 9.17) is 4.74 Å². The summed E-state index contributed by atoms with van der Waals surface area (Å²) < 4.78 is 7.71. The predicted molar refractivity (Wildman–Crippen MR) is 85.8 cm³/mol. The fraction of sp³-hybridized carbons (Fsp3) is 0.375. The Morgan fingerprint density at radius 1 is 1.55 bits per heavy atom. The van der Waals surface area contributed by atoms with Crippen LogP contribution in [0, 0.1) is 5.92 Å². The van der Waals surface area contributed by atoms with Gasteiger partial charge >= 0.3 is 0 Å². The van der Waals surface area contributed by atoms with Crippen molar-refractivity contribution in [3.05, 3.63) is 53.3 Å². The Kier molecular flexibility index (Phi) is 4.70. The summed E-state index contributed by atoms with van der Waals surface area (Å²) >= 11 is 1.54. The zero-order valence-electron chi connectivity index (χ0n) is 12.4. The molecule has 0 spiro atoms. The van der Waals surface area contributed by atoms with Crippen molar-refractivity contribution in [1.29, 1.82) is 0 Å². The number of nitrogens with zero attached hydrogens (tertiary/aromatic N) is 3. The summed E-state index contributed by atoms with van der Waals surface area (Å²) in [6, 6.07) is 1.87. The first-order chi connectivity index (χ1) is 10.8. The number of carbonyl (C=O) groups is 1. The quantitative estimate of drug-likeness (QED) is 0.628. The highest BCUT2D eigenvalue weighted by Gasteiger charge is 2.26. The number of imidazole rings is 1. The molecule has 1 aliphatic rings. The molecule has 0 saturated carbocycles. The molecule has 5 nitrogen and oxygen atoms in total. The molecule has 2 aromatic rings. The molecule has 0 fully saturated rings. The van der Waals surface area contributed by atoms with Crippen LogP contribution in [0.4, 0.5) is 0 Å². The van der Waals surface area contributed by atoms with E-state index in [2.05, 4.69) is 16.1 Å². The van der Waals surface area contributed by atoms with Gasteiger partial charge in [-0.25, -0.2) is 4.98 Å². The number of amides is 1. The summed E-state index contributed by atoms with van der Waals surface area (Å²) in [6.07, 6.45) is 5.50. The minimum Gasteiger partial charge on any atom is -0.377 e. The Hall–Kier alpha value is -1.92. The molecule has 0 aromatic carbocycles. The smallest absolute Gasteiger partial charge is 0.255 e. The van der Waals surface area contributed by atoms with Crippen molar-refractivity contribution in [1.82, 2.24) is 14.5 Å². The number of rotatable bonds is 5. The molecule has 116 valence electrons. The fourth-order valence-corrected chi connectivity index (χ4v) is 3.32. The second-order valence-corrected chi connectivity index (χ2v) is 6.17. The standard InChI is InChI=1S/C16H19N3O2S/c1-2-6-21-11-13-8-18-5-4-17-15(18)10-19(9-13)16(20)14-3-7-22-12-14/h2-5,7,12-13H,1,6,8-11H2/t13-/m0/s1. The highest BCUT2D eigenvalue weighted by molar-refractivity contribution is 7.08. The molecule has 1 atom stereocenters. The van der Waals surface area contributed by atoms with Gasteiger partial charge in [-0.2, -0.15) is 11.3 Å². The van der Waals surface area contributed by atoms with Gasteiger partial charge in [0.1, 0.15) is 5.82 Å². The van der Waals surface area contributed by atoms with Crippen LogP contribution < -0.4 is 0 Å². The lowest BCUT2D eigenvalue weighted by atomic mass is 10.1. The van der Waals surface area contributed by atoms with Crippen LogP contribution in [-0.2, 0) is 17.8 Å². The average molecular weight is 317 g/mol. The molecule has 3 rings (SSSR count). The number of carbonyl (C=O) groups excluding carboxylic acids is 1. The highest BCUT2D eigenvalue weighted by Crippen LogP contribution is 2.19. The van der Waals surface area contributed by atoms with E-state index in [-0.39, 0.29) is 11.8 Å². The van der Waals surface area contributed by atoms with Crippen molar-refractivity contribution >= 4 is 17.2 Å². The third-order valence-corrected chi connectivity index (χ3v) is 4.40. The maximum Gasteiger partial charge on any atom is 0.255 e. The van der Waals surface area contributed by atoms with Gasteiger partial charge in [0.05, 0.1) is 25.3 Å². The summed E-state index contributed by atoms with van der Waals surface area (Å²) in [5, 5.41) is 3.82. The van der Waals surface area contributed by atoms with Gasteiger partial charge in [-0.05, 0) is 11.4 Å². The van der Waals surface area contributed by atoms with E-state index >= 15 is 0 Å². The van der Waals surface area contributed by atoms with Gasteiger partial charge in [0.25, 0.3) is 5.91 Å². The van der Waals surface area contributed by atoms with Gasteiger partial charge in [0, 0.05) is 36.8 Å². The average Bonchev–Trinajstić information content (AvgIpc) is 3.16. The molecule has 3 heterocycles. The van der Waals surface area contributed by atoms with Crippen molar-refractivity contribution in [3.63, 3.8) is 0 Å². The maximum absolute atomic E-state index is 12.7. The van der Waals surface area contributed by atoms with Crippen LogP contribution in [0.5, 0.6) is 0 Å². The monoisotopic (exact) mass is 317 g/mol. The Bertz CT molecular complexity index is 636. The van der Waals surface area contributed by atoms with Crippen LogP contribution in [0.1, 0.15) is 16.2 Å². The Morgan fingerprint density at radius 3 is 3.23 bits per heavy atom. The lowest BCUT2D eigenvalue weighted by molar-refractivity contribution is 0.0638. The predicted octanol–water partition coefficient (Wildman–Crippen LogP) is 2.42. The summed E-state index contributed by atoms with van der Waals surface area (Å²) in [5.74, 6) is 1.24. The number of aromatic nitrogens is 2. The first-order valence-electron chi connectivity index (χ1n) is 7.28. The van der Waals surface area contributed by atoms with Gasteiger partial charge in [0.15, 0.2) is 0 Å². The Labute approximate surface area is 133 Å². The molecule has 0 N–H and O–H groups in total. The number of ether oxygens (including phenoxy) is 1. The first kappa shape index (κ1) is 15.0. The second-order valence-electron chi connectivity index (χ2n) is 5.39. The van der Waals surface area contributed by atoms with Crippen molar-refractivity contribution in [3.8, 4) is 0 Å². The van der Waals surface area contributed by atoms with E-state index in [1.165, 1.54) is 11.3 Å². The van der Waals surface area contributed by atoms with Crippen LogP contribution in [0.2, 0.25) is 0 Å². The molecule has 1 amide bonds. The SMILES string of the molecule is C=CCOC[C@@H]1CN(C(=O)c2ccsc2)Cc2nccn2C1. The molecule has 0 unspecified atom stereocenters. The minimum absolute atomic E-state index is 0.0615. The molecule has 22 heavy (non-hydrogen) atoms. The van der Waals surface area contributed by atoms with Crippen molar-refractivity contribution < 1.29 is 9.53 Å². The first-order valence-corrected chi connectivity index (χ1v) is 8.22. The molecular weight excluding hydrogens is 298 g/mol. The van der Waals surface area contributed by atoms with Crippen molar-refractivity contribution in [2.75, 3.05) is 19.8 Å². The lowest BCUT2D eigenvalue weighted by Gasteiger charge is -2.23. The van der Waals surface area contributed by atoms with Crippen LogP contribution in [0.15, 0.2) is 41.9 Å². The summed E-state index contributed by atoms with van der Waals surface area (Å²) in [7, 11) is 0. The van der Waals surface area contributed by atoms with E-state index < -0.39 is 0 Å². The topological polar surface area (TPSA) is 47.4 Å². The van der Waals surface area contributed by atoms with Gasteiger partial charge in [-0.3, -0.25) is 4.79 Å². The minimum atomic E-state index is 0.0615. The molecule has 6 heteroatoms. The number of thiophene rings is 1. The zero-order valence-corrected chi connectivity index (χ0v) is 13.2. The highest BCUT2D eigenvalue weighted by atomic mass is 32.1. The Balaban J connectivity index is 1.77. The number of fused-ring (bicyclic) bond motifs is 1. The van der Waals surface area contributed by atoms with E-state index in [0.717, 1.165) is 17.9 Å². The molecule has 0 bridgehead atoms. The molecule has 0 saturated heterocycles. The third-order valence-electron chi connectivity index (χ3n) is 3.71. The summed E-state index contributed by atoms with van der Waals surface area (Å²) in [5.41, 5.74) is 0.746. The summed E-state index contributed by atoms with van der Waals surface area (Å²) in [6.45, 7) is 6.84. The summed E-state index contributed by atoms with van der Waals surface area (Å²) in [4.78, 5) is 18.9. The fourth-order valence-electron chi connectivity index (χ4n) is 2.69. The van der Waals surface area contributed by atoms with Gasteiger partial charge in [0.2, 0.25) is 0 Å². The maximum atomic E-state index is 12.7. The molecular formula is C16H19N3O2S. The second kappa shape index (κ2) is 6.89. The Morgan fingerprint density at radius 2 is 2.45 bits per heavy atom. The molecule has 1 aliphatic heterocycles. The van der Waals surface area contributed by atoms with Crippen LogP contribution in [0.25, 0.3) is 0 Å². The van der Waals surface area contributed by atoms with Crippen LogP contribution in [0.3, 0.4) is 0 Å². The van der Waals surface area contributed by atoms with E-state index in [9.17, 15) is 4.79 Å². The normalized spacial score (nSPS) is 17.8. The van der Waals surface area contributed by atoms with E-state index in [1.807, 2.05) is 27.9 Å². The third kappa shape index (κ3) is 3.28. The number of hydrogen-bond donors (Lipinski definition) is 0. The molecule has 0 radical (unpaired) electrons. The van der Waals surface area contributed by atoms with Gasteiger partial charge in [-0.1, -0.05) is 6.08 Å². The molecule has 2 aromatic heterocycles. The van der Waals surface area contributed by atoms with Gasteiger partial charge in [-0.15, -0.1) is 6.58 Å². The van der Waals surface area contributed by atoms with Crippen molar-refractivity contribution in [2.24, 2.45) is 5.92 Å². The lowest BCUT2D eigenvalue weighted by Crippen LogP contribution is -2.35. The number of hydrogen-bond acceptors (Lipinski definition) is 4. The van der Waals surface area contributed by atoms with Crippen LogP contribution >= 0.6 is 11.3 Å². The zero-order chi connectivity index (χ0) is 15.4. The largest absolute Gasteiger partial charge is 0.377 e. The molecule has 0 aliphatic carbocycles. The van der Waals surface area contributed by atoms with Gasteiger partial charge < -0.3 is 14.2 Å². The van der Waals surface area contributed by atoms with E-state index in [1.54, 1.807) is 12.3 Å². The van der Waals surface area contributed by atoms with E-state index in [0.29, 0.717) is 26.3 Å². The van der Waals surface area contributed by atoms with Crippen molar-refractivity contribution in [2.45, 2.75) is 13.1 Å². The van der Waals surface area contributed by atoms with Crippen LogP contribution in [-0.4, -0.2) is 40.1 Å².